The molecule has 3 heteroatoms. The van der Waals surface area contributed by atoms with Crippen molar-refractivity contribution in [2.75, 3.05) is 7.05 Å². The number of rotatable bonds is 3. The summed E-state index contributed by atoms with van der Waals surface area (Å²) in [6.07, 6.45) is 5.46. The van der Waals surface area contributed by atoms with Gasteiger partial charge in [0.1, 0.15) is 5.01 Å². The number of hydrogen-bond donors (Lipinski definition) is 1. The summed E-state index contributed by atoms with van der Waals surface area (Å²) in [4.78, 5) is 4.72. The number of nitrogens with one attached hydrogen (secondary N) is 1. The third kappa shape index (κ3) is 1.98. The van der Waals surface area contributed by atoms with Gasteiger partial charge in [-0.25, -0.2) is 4.98 Å². The first kappa shape index (κ1) is 10.1. The van der Waals surface area contributed by atoms with Gasteiger partial charge in [0.15, 0.2) is 0 Å². The minimum atomic E-state index is 0.398. The lowest BCUT2D eigenvalue weighted by Crippen LogP contribution is -2.12. The van der Waals surface area contributed by atoms with E-state index in [1.54, 1.807) is 11.3 Å². The first-order chi connectivity index (χ1) is 6.81. The first-order valence-electron chi connectivity index (χ1n) is 5.44. The highest BCUT2D eigenvalue weighted by Gasteiger charge is 2.20. The molecule has 2 nitrogen and oxygen atoms in total. The van der Waals surface area contributed by atoms with E-state index in [2.05, 4.69) is 17.6 Å². The molecule has 1 aliphatic carbocycles. The van der Waals surface area contributed by atoms with E-state index in [4.69, 9.17) is 4.98 Å². The number of thiazole rings is 1. The lowest BCUT2D eigenvalue weighted by atomic mass is 10.1. The Labute approximate surface area is 89.8 Å². The van der Waals surface area contributed by atoms with Gasteiger partial charge in [0, 0.05) is 11.3 Å². The zero-order valence-electron chi connectivity index (χ0n) is 8.92. The van der Waals surface area contributed by atoms with Crippen molar-refractivity contribution in [2.45, 2.75) is 44.6 Å². The van der Waals surface area contributed by atoms with E-state index in [0.717, 1.165) is 5.92 Å². The van der Waals surface area contributed by atoms with Gasteiger partial charge in [-0.1, -0.05) is 12.8 Å². The Morgan fingerprint density at radius 2 is 2.21 bits per heavy atom. The third-order valence-corrected chi connectivity index (χ3v) is 4.16. The maximum atomic E-state index is 4.72. The van der Waals surface area contributed by atoms with E-state index in [1.165, 1.54) is 36.4 Å². The molecule has 1 saturated carbocycles. The SMILES string of the molecule is CNC(C)c1nc(C2CCCC2)cs1. The molecule has 1 heterocycles. The Bertz CT molecular complexity index is 289. The van der Waals surface area contributed by atoms with Crippen molar-refractivity contribution in [1.82, 2.24) is 10.3 Å². The van der Waals surface area contributed by atoms with Gasteiger partial charge in [-0.15, -0.1) is 11.3 Å². The van der Waals surface area contributed by atoms with Gasteiger partial charge in [0.05, 0.1) is 11.7 Å². The van der Waals surface area contributed by atoms with Gasteiger partial charge in [0.2, 0.25) is 0 Å². The molecule has 1 unspecified atom stereocenters. The van der Waals surface area contributed by atoms with Gasteiger partial charge < -0.3 is 5.32 Å². The first-order valence-corrected chi connectivity index (χ1v) is 6.32. The van der Waals surface area contributed by atoms with Gasteiger partial charge >= 0.3 is 0 Å². The van der Waals surface area contributed by atoms with Crippen molar-refractivity contribution in [1.29, 1.82) is 0 Å². The number of hydrogen-bond acceptors (Lipinski definition) is 3. The molecule has 0 spiro atoms. The molecule has 0 bridgehead atoms. The van der Waals surface area contributed by atoms with Crippen LogP contribution in [0.5, 0.6) is 0 Å². The van der Waals surface area contributed by atoms with E-state index in [-0.39, 0.29) is 0 Å². The van der Waals surface area contributed by atoms with Crippen LogP contribution >= 0.6 is 11.3 Å². The summed E-state index contributed by atoms with van der Waals surface area (Å²) >= 11 is 1.80. The number of nitrogens with zero attached hydrogens (tertiary/aromatic N) is 1. The van der Waals surface area contributed by atoms with Gasteiger partial charge in [0.25, 0.3) is 0 Å². The lowest BCUT2D eigenvalue weighted by Gasteiger charge is -2.06. The van der Waals surface area contributed by atoms with Gasteiger partial charge in [-0.05, 0) is 26.8 Å². The minimum Gasteiger partial charge on any atom is -0.311 e. The summed E-state index contributed by atoms with van der Waals surface area (Å²) in [6.45, 7) is 2.16. The van der Waals surface area contributed by atoms with E-state index in [1.807, 2.05) is 7.05 Å². The minimum absolute atomic E-state index is 0.398. The van der Waals surface area contributed by atoms with Crippen molar-refractivity contribution in [3.05, 3.63) is 16.1 Å². The maximum absolute atomic E-state index is 4.72. The Morgan fingerprint density at radius 3 is 2.86 bits per heavy atom. The van der Waals surface area contributed by atoms with Crippen LogP contribution in [0.2, 0.25) is 0 Å². The van der Waals surface area contributed by atoms with Crippen LogP contribution in [0.4, 0.5) is 0 Å². The van der Waals surface area contributed by atoms with Crippen LogP contribution in [-0.4, -0.2) is 12.0 Å². The molecule has 2 rings (SSSR count). The summed E-state index contributed by atoms with van der Waals surface area (Å²) in [5.41, 5.74) is 1.34. The second-order valence-electron chi connectivity index (χ2n) is 4.10. The molecule has 0 aliphatic heterocycles. The molecule has 0 amide bonds. The second kappa shape index (κ2) is 4.41. The molecule has 0 aromatic carbocycles. The molecular formula is C11H18N2S. The van der Waals surface area contributed by atoms with Crippen LogP contribution in [0.25, 0.3) is 0 Å². The average Bonchev–Trinajstić information content (AvgIpc) is 2.86. The molecule has 0 radical (unpaired) electrons. The van der Waals surface area contributed by atoms with Crippen LogP contribution < -0.4 is 5.32 Å². The highest BCUT2D eigenvalue weighted by Crippen LogP contribution is 2.35. The molecule has 1 fully saturated rings. The average molecular weight is 210 g/mol. The summed E-state index contributed by atoms with van der Waals surface area (Å²) in [5.74, 6) is 0.754. The summed E-state index contributed by atoms with van der Waals surface area (Å²) in [6, 6.07) is 0.398. The normalized spacial score (nSPS) is 20.1. The summed E-state index contributed by atoms with van der Waals surface area (Å²) in [7, 11) is 1.99. The van der Waals surface area contributed by atoms with Crippen LogP contribution in [-0.2, 0) is 0 Å². The maximum Gasteiger partial charge on any atom is 0.110 e. The Balaban J connectivity index is 2.08. The zero-order chi connectivity index (χ0) is 9.97. The fourth-order valence-electron chi connectivity index (χ4n) is 2.03. The fraction of sp³-hybridized carbons (Fsp3) is 0.727. The topological polar surface area (TPSA) is 24.9 Å². The molecule has 14 heavy (non-hydrogen) atoms. The smallest absolute Gasteiger partial charge is 0.110 e. The fourth-order valence-corrected chi connectivity index (χ4v) is 3.00. The van der Waals surface area contributed by atoms with E-state index < -0.39 is 0 Å². The lowest BCUT2D eigenvalue weighted by molar-refractivity contribution is 0.634. The van der Waals surface area contributed by atoms with E-state index in [0.29, 0.717) is 6.04 Å². The Hall–Kier alpha value is -0.410. The van der Waals surface area contributed by atoms with Crippen LogP contribution in [0.15, 0.2) is 5.38 Å². The van der Waals surface area contributed by atoms with Crippen molar-refractivity contribution >= 4 is 11.3 Å². The predicted octanol–water partition coefficient (Wildman–Crippen LogP) is 3.08. The van der Waals surface area contributed by atoms with Crippen molar-refractivity contribution in [3.63, 3.8) is 0 Å². The van der Waals surface area contributed by atoms with Crippen molar-refractivity contribution in [3.8, 4) is 0 Å². The Kier molecular flexibility index (Phi) is 3.19. The van der Waals surface area contributed by atoms with Crippen LogP contribution in [0.3, 0.4) is 0 Å². The van der Waals surface area contributed by atoms with Crippen LogP contribution in [0.1, 0.15) is 55.3 Å². The Morgan fingerprint density at radius 1 is 1.50 bits per heavy atom. The second-order valence-corrected chi connectivity index (χ2v) is 4.99. The van der Waals surface area contributed by atoms with Gasteiger partial charge in [-0.2, -0.15) is 0 Å². The largest absolute Gasteiger partial charge is 0.311 e. The molecule has 1 aromatic rings. The third-order valence-electron chi connectivity index (χ3n) is 3.12. The van der Waals surface area contributed by atoms with E-state index >= 15 is 0 Å². The molecule has 1 aliphatic rings. The summed E-state index contributed by atoms with van der Waals surface area (Å²) in [5, 5.41) is 6.71. The quantitative estimate of drug-likeness (QED) is 0.829. The zero-order valence-corrected chi connectivity index (χ0v) is 9.73. The molecule has 1 atom stereocenters. The molecular weight excluding hydrogens is 192 g/mol. The highest BCUT2D eigenvalue weighted by atomic mass is 32.1. The molecule has 1 N–H and O–H groups in total. The predicted molar refractivity (Wildman–Crippen MR) is 60.8 cm³/mol. The van der Waals surface area contributed by atoms with Crippen molar-refractivity contribution in [2.24, 2.45) is 0 Å². The molecule has 0 saturated heterocycles. The summed E-state index contributed by atoms with van der Waals surface area (Å²) < 4.78 is 0. The number of aromatic nitrogens is 1. The highest BCUT2D eigenvalue weighted by molar-refractivity contribution is 7.09. The monoisotopic (exact) mass is 210 g/mol. The molecule has 1 aromatic heterocycles. The molecule has 78 valence electrons. The van der Waals surface area contributed by atoms with E-state index in [9.17, 15) is 0 Å². The van der Waals surface area contributed by atoms with Crippen molar-refractivity contribution < 1.29 is 0 Å². The van der Waals surface area contributed by atoms with Crippen LogP contribution in [0, 0.1) is 0 Å². The van der Waals surface area contributed by atoms with Gasteiger partial charge in [-0.3, -0.25) is 0 Å². The standard InChI is InChI=1S/C11H18N2S/c1-8(12-2)11-13-10(7-14-11)9-5-3-4-6-9/h7-9,12H,3-6H2,1-2H3.